The summed E-state index contributed by atoms with van der Waals surface area (Å²) in [4.78, 5) is 14.6. The molecule has 88 valence electrons. The summed E-state index contributed by atoms with van der Waals surface area (Å²) in [6.07, 6.45) is 0.368. The summed E-state index contributed by atoms with van der Waals surface area (Å²) in [5.74, 6) is 0.223. The molecule has 0 aliphatic carbocycles. The minimum Gasteiger partial charge on any atom is -0.481 e. The van der Waals surface area contributed by atoms with Crippen LogP contribution in [0.15, 0.2) is 24.3 Å². The molecule has 0 aliphatic rings. The van der Waals surface area contributed by atoms with Crippen LogP contribution in [0.4, 0.5) is 0 Å². The van der Waals surface area contributed by atoms with Gasteiger partial charge in [-0.3, -0.25) is 9.89 Å². The number of aromatic amines is 1. The highest BCUT2D eigenvalue weighted by atomic mass is 35.5. The number of benzene rings is 1. The lowest BCUT2D eigenvalue weighted by Gasteiger charge is -1.94. The van der Waals surface area contributed by atoms with Gasteiger partial charge in [-0.1, -0.05) is 23.7 Å². The zero-order chi connectivity index (χ0) is 12.3. The van der Waals surface area contributed by atoms with Crippen LogP contribution in [-0.4, -0.2) is 26.3 Å². The lowest BCUT2D eigenvalue weighted by molar-refractivity contribution is -0.137. The average molecular weight is 252 g/mol. The van der Waals surface area contributed by atoms with Gasteiger partial charge in [0.1, 0.15) is 5.82 Å². The number of carboxylic acid groups (broad SMARTS) is 1. The largest absolute Gasteiger partial charge is 0.481 e. The van der Waals surface area contributed by atoms with Gasteiger partial charge in [-0.05, 0) is 12.1 Å². The van der Waals surface area contributed by atoms with Crippen molar-refractivity contribution < 1.29 is 9.90 Å². The number of hydrogen-bond acceptors (Lipinski definition) is 3. The molecule has 0 atom stereocenters. The first-order chi connectivity index (χ1) is 8.15. The van der Waals surface area contributed by atoms with Gasteiger partial charge in [0.25, 0.3) is 0 Å². The van der Waals surface area contributed by atoms with E-state index in [4.69, 9.17) is 16.7 Å². The van der Waals surface area contributed by atoms with Gasteiger partial charge in [0.05, 0.1) is 6.42 Å². The fourth-order valence-corrected chi connectivity index (χ4v) is 1.58. The molecule has 2 N–H and O–H groups in total. The maximum atomic E-state index is 10.4. The first kappa shape index (κ1) is 11.6. The Morgan fingerprint density at radius 2 is 2.29 bits per heavy atom. The van der Waals surface area contributed by atoms with E-state index in [9.17, 15) is 4.79 Å². The zero-order valence-corrected chi connectivity index (χ0v) is 9.61. The van der Waals surface area contributed by atoms with E-state index in [0.29, 0.717) is 23.1 Å². The van der Waals surface area contributed by atoms with Crippen molar-refractivity contribution in [2.24, 2.45) is 0 Å². The van der Waals surface area contributed by atoms with E-state index in [1.54, 1.807) is 12.1 Å². The van der Waals surface area contributed by atoms with Gasteiger partial charge in [0.2, 0.25) is 0 Å². The summed E-state index contributed by atoms with van der Waals surface area (Å²) >= 11 is 5.86. The van der Waals surface area contributed by atoms with Crippen LogP contribution in [0.1, 0.15) is 12.2 Å². The van der Waals surface area contributed by atoms with Gasteiger partial charge in [-0.2, -0.15) is 5.10 Å². The lowest BCUT2D eigenvalue weighted by atomic mass is 10.2. The second kappa shape index (κ2) is 4.97. The Labute approximate surface area is 102 Å². The standard InChI is InChI=1S/C11H10ClN3O2/c12-8-3-1-2-7(6-8)11-13-9(14-15-11)4-5-10(16)17/h1-3,6H,4-5H2,(H,16,17)(H,13,14,15). The molecule has 1 aromatic carbocycles. The molecule has 0 fully saturated rings. The van der Waals surface area contributed by atoms with Crippen LogP contribution < -0.4 is 0 Å². The summed E-state index contributed by atoms with van der Waals surface area (Å²) in [7, 11) is 0. The number of aliphatic carboxylic acids is 1. The summed E-state index contributed by atoms with van der Waals surface area (Å²) in [6, 6.07) is 7.18. The average Bonchev–Trinajstić information content (AvgIpc) is 2.75. The number of aromatic nitrogens is 3. The highest BCUT2D eigenvalue weighted by molar-refractivity contribution is 6.30. The number of nitrogens with zero attached hydrogens (tertiary/aromatic N) is 2. The molecule has 6 heteroatoms. The molecule has 0 unspecified atom stereocenters. The molecule has 17 heavy (non-hydrogen) atoms. The van der Waals surface area contributed by atoms with Crippen molar-refractivity contribution in [2.45, 2.75) is 12.8 Å². The summed E-state index contributed by atoms with van der Waals surface area (Å²) in [5, 5.41) is 15.9. The number of aryl methyl sites for hydroxylation is 1. The second-order valence-electron chi connectivity index (χ2n) is 3.51. The van der Waals surface area contributed by atoms with Crippen LogP contribution in [0.5, 0.6) is 0 Å². The predicted octanol–water partition coefficient (Wildman–Crippen LogP) is 2.14. The molecular formula is C11H10ClN3O2. The third-order valence-electron chi connectivity index (χ3n) is 2.19. The Balaban J connectivity index is 2.15. The normalized spacial score (nSPS) is 10.4. The smallest absolute Gasteiger partial charge is 0.303 e. The summed E-state index contributed by atoms with van der Waals surface area (Å²) < 4.78 is 0. The molecule has 0 aliphatic heterocycles. The Morgan fingerprint density at radius 1 is 1.47 bits per heavy atom. The number of hydrogen-bond donors (Lipinski definition) is 2. The number of carbonyl (C=O) groups is 1. The van der Waals surface area contributed by atoms with Gasteiger partial charge in [0, 0.05) is 17.0 Å². The lowest BCUT2D eigenvalue weighted by Crippen LogP contribution is -1.98. The number of rotatable bonds is 4. The van der Waals surface area contributed by atoms with Crippen molar-refractivity contribution in [3.63, 3.8) is 0 Å². The number of halogens is 1. The van der Waals surface area contributed by atoms with E-state index < -0.39 is 5.97 Å². The van der Waals surface area contributed by atoms with Gasteiger partial charge >= 0.3 is 5.97 Å². The molecule has 0 radical (unpaired) electrons. The van der Waals surface area contributed by atoms with Crippen molar-refractivity contribution in [1.29, 1.82) is 0 Å². The molecule has 0 saturated heterocycles. The van der Waals surface area contributed by atoms with Gasteiger partial charge in [-0.15, -0.1) is 0 Å². The highest BCUT2D eigenvalue weighted by Crippen LogP contribution is 2.19. The molecular weight excluding hydrogens is 242 g/mol. The summed E-state index contributed by atoms with van der Waals surface area (Å²) in [6.45, 7) is 0. The Kier molecular flexibility index (Phi) is 3.39. The zero-order valence-electron chi connectivity index (χ0n) is 8.85. The highest BCUT2D eigenvalue weighted by Gasteiger charge is 2.07. The monoisotopic (exact) mass is 251 g/mol. The number of H-pyrrole nitrogens is 1. The quantitative estimate of drug-likeness (QED) is 0.873. The van der Waals surface area contributed by atoms with Crippen molar-refractivity contribution >= 4 is 17.6 Å². The minimum atomic E-state index is -0.856. The van der Waals surface area contributed by atoms with Crippen molar-refractivity contribution in [3.8, 4) is 11.4 Å². The van der Waals surface area contributed by atoms with Gasteiger partial charge in [0.15, 0.2) is 5.82 Å². The molecule has 0 spiro atoms. The van der Waals surface area contributed by atoms with E-state index >= 15 is 0 Å². The molecule has 0 bridgehead atoms. The van der Waals surface area contributed by atoms with Crippen LogP contribution >= 0.6 is 11.6 Å². The van der Waals surface area contributed by atoms with E-state index in [2.05, 4.69) is 15.2 Å². The van der Waals surface area contributed by atoms with Gasteiger partial charge in [-0.25, -0.2) is 4.98 Å². The van der Waals surface area contributed by atoms with Crippen LogP contribution in [0, 0.1) is 0 Å². The van der Waals surface area contributed by atoms with Crippen LogP contribution in [0.2, 0.25) is 5.02 Å². The molecule has 1 heterocycles. The van der Waals surface area contributed by atoms with Crippen LogP contribution in [0.3, 0.4) is 0 Å². The molecule has 5 nitrogen and oxygen atoms in total. The van der Waals surface area contributed by atoms with E-state index in [1.807, 2.05) is 12.1 Å². The summed E-state index contributed by atoms with van der Waals surface area (Å²) in [5.41, 5.74) is 0.801. The third kappa shape index (κ3) is 3.04. The van der Waals surface area contributed by atoms with Crippen LogP contribution in [0.25, 0.3) is 11.4 Å². The third-order valence-corrected chi connectivity index (χ3v) is 2.43. The van der Waals surface area contributed by atoms with Gasteiger partial charge < -0.3 is 5.11 Å². The molecule has 0 amide bonds. The fourth-order valence-electron chi connectivity index (χ4n) is 1.39. The molecule has 2 aromatic rings. The van der Waals surface area contributed by atoms with E-state index in [1.165, 1.54) is 0 Å². The maximum absolute atomic E-state index is 10.4. The number of carboxylic acids is 1. The predicted molar refractivity (Wildman–Crippen MR) is 62.8 cm³/mol. The maximum Gasteiger partial charge on any atom is 0.303 e. The van der Waals surface area contributed by atoms with E-state index in [-0.39, 0.29) is 6.42 Å². The Hall–Kier alpha value is -1.88. The molecule has 1 aromatic heterocycles. The number of nitrogens with one attached hydrogen (secondary N) is 1. The first-order valence-electron chi connectivity index (χ1n) is 5.04. The fraction of sp³-hybridized carbons (Fsp3) is 0.182. The SMILES string of the molecule is O=C(O)CCc1nc(-c2cccc(Cl)c2)n[nH]1. The second-order valence-corrected chi connectivity index (χ2v) is 3.95. The Morgan fingerprint density at radius 3 is 3.00 bits per heavy atom. The van der Waals surface area contributed by atoms with Crippen molar-refractivity contribution in [1.82, 2.24) is 15.2 Å². The minimum absolute atomic E-state index is 0.0319. The molecule has 2 rings (SSSR count). The van der Waals surface area contributed by atoms with E-state index in [0.717, 1.165) is 5.56 Å². The Bertz CT molecular complexity index is 539. The topological polar surface area (TPSA) is 78.9 Å². The first-order valence-corrected chi connectivity index (χ1v) is 5.42. The van der Waals surface area contributed by atoms with Crippen LogP contribution in [-0.2, 0) is 11.2 Å². The molecule has 0 saturated carbocycles. The van der Waals surface area contributed by atoms with Crippen molar-refractivity contribution in [3.05, 3.63) is 35.1 Å². The van der Waals surface area contributed by atoms with Crippen molar-refractivity contribution in [2.75, 3.05) is 0 Å².